The normalized spacial score (nSPS) is 11.3. The van der Waals surface area contributed by atoms with Gasteiger partial charge in [0.05, 0.1) is 29.1 Å². The van der Waals surface area contributed by atoms with Gasteiger partial charge in [-0.2, -0.15) is 30.6 Å². The van der Waals surface area contributed by atoms with Gasteiger partial charge in [0.2, 0.25) is 0 Å². The SMILES string of the molecule is CC(C)c1[nH]nc2ncccc12.CC(C)c1c[nH]c2nccnc12.CC(C)c1cc2[nH]ccc2cn1.CC(C)c1cc2[nH]ncc2cn1.CC(C)c1ccc2n[nH]c(=O)n2c1.CC(C)c1cccc2n[nH]c(=O)n12.CC(C)c1cccn2c(=O)[nH]nc12.CC(C)c1nccc2[nH]ncc12. The lowest BCUT2D eigenvalue weighted by Gasteiger charge is -2.06. The zero-order valence-electron chi connectivity index (χ0n) is 59.0. The van der Waals surface area contributed by atoms with E-state index in [-0.39, 0.29) is 17.1 Å². The maximum absolute atomic E-state index is 11.3. The molecule has 0 atom stereocenters. The highest BCUT2D eigenvalue weighted by atomic mass is 16.2. The summed E-state index contributed by atoms with van der Waals surface area (Å²) in [6.07, 6.45) is 21.8. The van der Waals surface area contributed by atoms with E-state index in [1.807, 2.05) is 130 Å². The molecule has 16 aromatic heterocycles. The molecular weight excluding hydrogens is 1250 g/mol. The monoisotopic (exact) mass is 1340 g/mol. The number of nitrogens with one attached hydrogen (secondary N) is 8. The first-order chi connectivity index (χ1) is 47.5. The van der Waals surface area contributed by atoms with Crippen LogP contribution in [0.25, 0.3) is 71.8 Å². The molecule has 0 saturated heterocycles. The van der Waals surface area contributed by atoms with Crippen LogP contribution in [0.1, 0.15) is 203 Å². The minimum absolute atomic E-state index is 0.167. The Balaban J connectivity index is 0.000000132. The van der Waals surface area contributed by atoms with Crippen LogP contribution >= 0.6 is 0 Å². The Kier molecular flexibility index (Phi) is 23.8. The van der Waals surface area contributed by atoms with E-state index in [0.717, 1.165) is 89.2 Å². The van der Waals surface area contributed by atoms with E-state index in [9.17, 15) is 14.4 Å². The number of nitrogens with zero attached hydrogens (tertiary/aromatic N) is 15. The quantitative estimate of drug-likeness (QED) is 0.0701. The topological polar surface area (TPSA) is 345 Å². The molecule has 0 bridgehead atoms. The van der Waals surface area contributed by atoms with Crippen molar-refractivity contribution in [3.8, 4) is 0 Å². The first kappa shape index (κ1) is 71.7. The molecule has 26 nitrogen and oxygen atoms in total. The maximum atomic E-state index is 11.3. The van der Waals surface area contributed by atoms with Gasteiger partial charge in [-0.3, -0.25) is 44.0 Å². The Morgan fingerprint density at radius 2 is 1.10 bits per heavy atom. The second kappa shape index (κ2) is 32.9. The van der Waals surface area contributed by atoms with Crippen molar-refractivity contribution in [2.24, 2.45) is 0 Å². The van der Waals surface area contributed by atoms with Gasteiger partial charge in [0, 0.05) is 117 Å². The molecule has 0 saturated carbocycles. The van der Waals surface area contributed by atoms with Crippen LogP contribution in [0.5, 0.6) is 0 Å². The molecule has 0 amide bonds. The molecular formula is C73H89N23O3. The van der Waals surface area contributed by atoms with Gasteiger partial charge in [-0.15, -0.1) is 0 Å². The number of pyridine rings is 7. The van der Waals surface area contributed by atoms with E-state index in [2.05, 4.69) is 204 Å². The van der Waals surface area contributed by atoms with Gasteiger partial charge in [0.25, 0.3) is 0 Å². The number of rotatable bonds is 8. The van der Waals surface area contributed by atoms with Crippen molar-refractivity contribution < 1.29 is 0 Å². The van der Waals surface area contributed by atoms with Gasteiger partial charge in [-0.25, -0.2) is 44.0 Å². The van der Waals surface area contributed by atoms with E-state index in [1.165, 1.54) is 25.3 Å². The summed E-state index contributed by atoms with van der Waals surface area (Å²) in [5.74, 6) is 3.50. The second-order valence-electron chi connectivity index (χ2n) is 26.1. The molecule has 0 aromatic carbocycles. The third kappa shape index (κ3) is 17.7. The number of H-pyrrole nitrogens is 8. The van der Waals surface area contributed by atoms with Gasteiger partial charge in [-0.05, 0) is 119 Å². The van der Waals surface area contributed by atoms with Crippen molar-refractivity contribution in [2.75, 3.05) is 0 Å². The second-order valence-corrected chi connectivity index (χ2v) is 26.1. The van der Waals surface area contributed by atoms with Crippen molar-refractivity contribution in [1.29, 1.82) is 0 Å². The molecule has 26 heteroatoms. The van der Waals surface area contributed by atoms with Gasteiger partial charge in [0.15, 0.2) is 28.2 Å². The van der Waals surface area contributed by atoms with Crippen molar-refractivity contribution in [1.82, 2.24) is 114 Å². The number of aromatic amines is 8. The summed E-state index contributed by atoms with van der Waals surface area (Å²) in [6.45, 7) is 33.8. The minimum atomic E-state index is -0.183. The summed E-state index contributed by atoms with van der Waals surface area (Å²) in [5.41, 5.74) is 16.5. The molecule has 0 radical (unpaired) electrons. The van der Waals surface area contributed by atoms with Crippen LogP contribution in [0.15, 0.2) is 168 Å². The van der Waals surface area contributed by atoms with Crippen molar-refractivity contribution in [3.63, 3.8) is 0 Å². The Bertz CT molecular complexity index is 5210. The van der Waals surface area contributed by atoms with Crippen molar-refractivity contribution in [2.45, 2.75) is 158 Å². The average Bonchev–Trinajstić information content (AvgIpc) is 1.75. The largest absolute Gasteiger partial charge is 0.361 e. The molecule has 99 heavy (non-hydrogen) atoms. The van der Waals surface area contributed by atoms with Crippen LogP contribution in [0, 0.1) is 0 Å². The molecule has 0 aliphatic carbocycles. The average molecular weight is 1340 g/mol. The molecule has 0 aliphatic heterocycles. The highest BCUT2D eigenvalue weighted by molar-refractivity contribution is 5.81. The fourth-order valence-electron chi connectivity index (χ4n) is 10.5. The predicted molar refractivity (Wildman–Crippen MR) is 392 cm³/mol. The number of hydrogen-bond acceptors (Lipinski definition) is 15. The molecule has 514 valence electrons. The predicted octanol–water partition coefficient (Wildman–Crippen LogP) is 14.4. The van der Waals surface area contributed by atoms with Gasteiger partial charge >= 0.3 is 17.1 Å². The molecule has 0 spiro atoms. The molecule has 8 N–H and O–H groups in total. The lowest BCUT2D eigenvalue weighted by Crippen LogP contribution is -2.14. The van der Waals surface area contributed by atoms with E-state index >= 15 is 0 Å². The van der Waals surface area contributed by atoms with E-state index < -0.39 is 0 Å². The zero-order valence-corrected chi connectivity index (χ0v) is 59.0. The Morgan fingerprint density at radius 1 is 0.424 bits per heavy atom. The summed E-state index contributed by atoms with van der Waals surface area (Å²) in [7, 11) is 0. The Morgan fingerprint density at radius 3 is 1.81 bits per heavy atom. The third-order valence-corrected chi connectivity index (χ3v) is 16.1. The summed E-state index contributed by atoms with van der Waals surface area (Å²) in [5, 5.41) is 44.3. The third-order valence-electron chi connectivity index (χ3n) is 16.1. The summed E-state index contributed by atoms with van der Waals surface area (Å²) >= 11 is 0. The van der Waals surface area contributed by atoms with E-state index in [4.69, 9.17) is 0 Å². The molecule has 16 heterocycles. The standard InChI is InChI=1S/C10H12N2.3C9H11N3O.4C9H11N3/c1-7(2)9-5-10-8(6-12-9)3-4-11-10;1-6(2)7-3-4-8-10-11-9(13)12(8)5-7;1-6(2)7-4-3-5-12-8(7)10-11-9(12)13;1-6(2)7-4-3-5-8-10-11-9(13)12(7)8;1-6(2)8-3-9-7(4-10-8)5-11-12-9;1-6(2)9-7-5-11-12-8(7)3-4-10-9;1-6(2)7-5-12-9-8(7)10-3-4-11-9;1-6(2)8-7-4-3-5-10-9(7)12-11-8/h3-7,11H,1-2H3;3*3-6H,1-2H3,(H,11,13);3*3-6H,1-2H3,(H,11,12);3-6H,1-2H3,(H,10,11,12). The number of fused-ring (bicyclic) bond motifs is 8. The van der Waals surface area contributed by atoms with Gasteiger partial charge in [0.1, 0.15) is 5.52 Å². The van der Waals surface area contributed by atoms with Crippen LogP contribution in [-0.2, 0) is 0 Å². The molecule has 16 aromatic rings. The van der Waals surface area contributed by atoms with E-state index in [0.29, 0.717) is 58.6 Å². The zero-order chi connectivity index (χ0) is 71.0. The summed E-state index contributed by atoms with van der Waals surface area (Å²) < 4.78 is 4.65. The molecule has 0 unspecified atom stereocenters. The first-order valence-electron chi connectivity index (χ1n) is 33.2. The van der Waals surface area contributed by atoms with Crippen LogP contribution in [0.4, 0.5) is 0 Å². The number of hydrogen-bond donors (Lipinski definition) is 8. The molecule has 0 aliphatic rings. The van der Waals surface area contributed by atoms with Crippen LogP contribution in [-0.4, -0.2) is 114 Å². The highest BCUT2D eigenvalue weighted by Gasteiger charge is 2.13. The van der Waals surface area contributed by atoms with Gasteiger partial charge < -0.3 is 9.97 Å². The Labute approximate surface area is 571 Å². The van der Waals surface area contributed by atoms with Crippen molar-refractivity contribution in [3.05, 3.63) is 230 Å². The first-order valence-corrected chi connectivity index (χ1v) is 33.2. The lowest BCUT2D eigenvalue weighted by atomic mass is 10.1. The highest BCUT2D eigenvalue weighted by Crippen LogP contribution is 2.25. The van der Waals surface area contributed by atoms with Crippen LogP contribution in [0.2, 0.25) is 0 Å². The number of aromatic nitrogens is 23. The van der Waals surface area contributed by atoms with Gasteiger partial charge in [-0.1, -0.05) is 129 Å². The minimum Gasteiger partial charge on any atom is -0.361 e. The summed E-state index contributed by atoms with van der Waals surface area (Å²) in [6, 6.07) is 25.4. The summed E-state index contributed by atoms with van der Waals surface area (Å²) in [4.78, 5) is 65.6. The molecule has 16 rings (SSSR count). The fourth-order valence-corrected chi connectivity index (χ4v) is 10.5. The molecule has 0 fully saturated rings. The fraction of sp³-hybridized carbons (Fsp3) is 0.329. The maximum Gasteiger partial charge on any atom is 0.347 e. The Hall–Kier alpha value is -11.6. The van der Waals surface area contributed by atoms with Crippen molar-refractivity contribution >= 4 is 71.8 Å². The lowest BCUT2D eigenvalue weighted by molar-refractivity contribution is 0.788. The van der Waals surface area contributed by atoms with Crippen LogP contribution in [0.3, 0.4) is 0 Å². The van der Waals surface area contributed by atoms with E-state index in [1.54, 1.807) is 35.4 Å². The van der Waals surface area contributed by atoms with Crippen LogP contribution < -0.4 is 17.1 Å². The smallest absolute Gasteiger partial charge is 0.347 e.